The van der Waals surface area contributed by atoms with Crippen LogP contribution in [-0.2, 0) is 16.0 Å². The molecule has 0 aliphatic carbocycles. The first-order valence-corrected chi connectivity index (χ1v) is 9.48. The molecule has 1 fully saturated rings. The van der Waals surface area contributed by atoms with E-state index in [9.17, 15) is 9.59 Å². The topological polar surface area (TPSA) is 59.1 Å². The van der Waals surface area contributed by atoms with Gasteiger partial charge in [-0.1, -0.05) is 15.9 Å². The maximum absolute atomic E-state index is 12.3. The molecule has 0 radical (unpaired) electrons. The molecular formula is C19H27BrN2O4. The highest BCUT2D eigenvalue weighted by Crippen LogP contribution is 2.23. The monoisotopic (exact) mass is 426 g/mol. The van der Waals surface area contributed by atoms with E-state index in [1.54, 1.807) is 11.0 Å². The minimum Gasteiger partial charge on any atom is -0.465 e. The number of amides is 1. The summed E-state index contributed by atoms with van der Waals surface area (Å²) in [6.07, 6.45) is -0.265. The molecule has 1 atom stereocenters. The molecule has 144 valence electrons. The molecule has 1 amide bonds. The van der Waals surface area contributed by atoms with Crippen molar-refractivity contribution in [2.75, 3.05) is 26.7 Å². The van der Waals surface area contributed by atoms with Crippen molar-refractivity contribution >= 4 is 28.0 Å². The van der Waals surface area contributed by atoms with Crippen LogP contribution in [-0.4, -0.2) is 60.2 Å². The Morgan fingerprint density at radius 1 is 1.27 bits per heavy atom. The fourth-order valence-corrected chi connectivity index (χ4v) is 3.32. The quantitative estimate of drug-likeness (QED) is 0.689. The van der Waals surface area contributed by atoms with Crippen LogP contribution in [0.4, 0.5) is 4.79 Å². The van der Waals surface area contributed by atoms with E-state index in [1.807, 2.05) is 39.8 Å². The van der Waals surface area contributed by atoms with Gasteiger partial charge in [-0.2, -0.15) is 0 Å². The standard InChI is InChI=1S/C19H27BrN2O4/c1-13-11-21(8-9-22(13)18(24)26-19(2,3)4)12-15-10-14(17(23)25-5)6-7-16(15)20/h6-7,10,13H,8-9,11-12H2,1-5H3/t13-/m1/s1. The molecule has 0 spiro atoms. The lowest BCUT2D eigenvalue weighted by molar-refractivity contribution is 0.000508. The molecule has 0 saturated carbocycles. The maximum atomic E-state index is 12.3. The highest BCUT2D eigenvalue weighted by Gasteiger charge is 2.31. The van der Waals surface area contributed by atoms with E-state index >= 15 is 0 Å². The first-order chi connectivity index (χ1) is 12.1. The third-order valence-corrected chi connectivity index (χ3v) is 4.97. The summed E-state index contributed by atoms with van der Waals surface area (Å²) in [4.78, 5) is 28.1. The number of hydrogen-bond acceptors (Lipinski definition) is 5. The zero-order chi connectivity index (χ0) is 19.5. The van der Waals surface area contributed by atoms with Gasteiger partial charge in [0.25, 0.3) is 0 Å². The molecule has 6 nitrogen and oxygen atoms in total. The van der Waals surface area contributed by atoms with Crippen molar-refractivity contribution in [3.8, 4) is 0 Å². The third-order valence-electron chi connectivity index (χ3n) is 4.20. The van der Waals surface area contributed by atoms with Crippen LogP contribution < -0.4 is 0 Å². The van der Waals surface area contributed by atoms with Gasteiger partial charge in [-0.25, -0.2) is 9.59 Å². The third kappa shape index (κ3) is 5.45. The van der Waals surface area contributed by atoms with E-state index in [0.29, 0.717) is 18.7 Å². The first kappa shape index (κ1) is 20.7. The number of piperazine rings is 1. The Morgan fingerprint density at radius 2 is 1.96 bits per heavy atom. The molecule has 0 aromatic heterocycles. The zero-order valence-corrected chi connectivity index (χ0v) is 17.6. The summed E-state index contributed by atoms with van der Waals surface area (Å²) in [6, 6.07) is 5.51. The normalized spacial score (nSPS) is 18.5. The summed E-state index contributed by atoms with van der Waals surface area (Å²) in [7, 11) is 1.38. The molecule has 1 aromatic carbocycles. The van der Waals surface area contributed by atoms with Gasteiger partial charge in [0.05, 0.1) is 12.7 Å². The van der Waals surface area contributed by atoms with Crippen molar-refractivity contribution in [1.82, 2.24) is 9.80 Å². The fraction of sp³-hybridized carbons (Fsp3) is 0.579. The van der Waals surface area contributed by atoms with Gasteiger partial charge in [-0.05, 0) is 51.5 Å². The van der Waals surface area contributed by atoms with Crippen molar-refractivity contribution in [2.45, 2.75) is 45.9 Å². The molecule has 7 heteroatoms. The molecule has 0 bridgehead atoms. The summed E-state index contributed by atoms with van der Waals surface area (Å²) in [6.45, 7) is 10.4. The Kier molecular flexibility index (Phi) is 6.69. The summed E-state index contributed by atoms with van der Waals surface area (Å²) in [5, 5.41) is 0. The number of esters is 1. The Balaban J connectivity index is 2.01. The molecule has 1 aromatic rings. The summed E-state index contributed by atoms with van der Waals surface area (Å²) in [5.74, 6) is -0.345. The van der Waals surface area contributed by atoms with Crippen LogP contribution in [0.2, 0.25) is 0 Å². The predicted octanol–water partition coefficient (Wildman–Crippen LogP) is 3.68. The van der Waals surface area contributed by atoms with E-state index in [0.717, 1.165) is 23.1 Å². The van der Waals surface area contributed by atoms with E-state index in [4.69, 9.17) is 9.47 Å². The van der Waals surface area contributed by atoms with Crippen LogP contribution >= 0.6 is 15.9 Å². The lowest BCUT2D eigenvalue weighted by Gasteiger charge is -2.40. The van der Waals surface area contributed by atoms with Gasteiger partial charge in [-0.15, -0.1) is 0 Å². The number of carbonyl (C=O) groups excluding carboxylic acids is 2. The zero-order valence-electron chi connectivity index (χ0n) is 16.0. The molecule has 1 aliphatic rings. The van der Waals surface area contributed by atoms with E-state index in [2.05, 4.69) is 20.8 Å². The Labute approximate surface area is 163 Å². The highest BCUT2D eigenvalue weighted by molar-refractivity contribution is 9.10. The molecule has 1 saturated heterocycles. The molecule has 2 rings (SSSR count). The second-order valence-electron chi connectivity index (χ2n) is 7.56. The van der Waals surface area contributed by atoms with Crippen LogP contribution in [0.25, 0.3) is 0 Å². The number of rotatable bonds is 3. The molecule has 1 aliphatic heterocycles. The minimum absolute atomic E-state index is 0.0566. The van der Waals surface area contributed by atoms with Crippen LogP contribution in [0, 0.1) is 0 Å². The Hall–Kier alpha value is -1.60. The predicted molar refractivity (Wildman–Crippen MR) is 103 cm³/mol. The summed E-state index contributed by atoms with van der Waals surface area (Å²) < 4.78 is 11.2. The smallest absolute Gasteiger partial charge is 0.410 e. The van der Waals surface area contributed by atoms with Crippen LogP contribution in [0.3, 0.4) is 0 Å². The second kappa shape index (κ2) is 8.39. The van der Waals surface area contributed by atoms with Crippen molar-refractivity contribution in [1.29, 1.82) is 0 Å². The number of halogens is 1. The number of ether oxygens (including phenoxy) is 2. The van der Waals surface area contributed by atoms with Crippen molar-refractivity contribution < 1.29 is 19.1 Å². The van der Waals surface area contributed by atoms with Crippen molar-refractivity contribution in [3.63, 3.8) is 0 Å². The van der Waals surface area contributed by atoms with Gasteiger partial charge < -0.3 is 14.4 Å². The van der Waals surface area contributed by atoms with E-state index in [1.165, 1.54) is 7.11 Å². The molecule has 1 heterocycles. The maximum Gasteiger partial charge on any atom is 0.410 e. The van der Waals surface area contributed by atoms with Gasteiger partial charge in [0.2, 0.25) is 0 Å². The second-order valence-corrected chi connectivity index (χ2v) is 8.41. The van der Waals surface area contributed by atoms with Gasteiger partial charge in [0.15, 0.2) is 0 Å². The van der Waals surface area contributed by atoms with E-state index in [-0.39, 0.29) is 18.1 Å². The fourth-order valence-electron chi connectivity index (χ4n) is 2.95. The number of nitrogens with zero attached hydrogens (tertiary/aromatic N) is 2. The Morgan fingerprint density at radius 3 is 2.54 bits per heavy atom. The lowest BCUT2D eigenvalue weighted by atomic mass is 10.1. The number of hydrogen-bond donors (Lipinski definition) is 0. The largest absolute Gasteiger partial charge is 0.465 e. The van der Waals surface area contributed by atoms with Crippen molar-refractivity contribution in [2.24, 2.45) is 0 Å². The average molecular weight is 427 g/mol. The van der Waals surface area contributed by atoms with Crippen LogP contribution in [0.5, 0.6) is 0 Å². The molecule has 26 heavy (non-hydrogen) atoms. The first-order valence-electron chi connectivity index (χ1n) is 8.69. The number of methoxy groups -OCH3 is 1. The molecule has 0 N–H and O–H groups in total. The van der Waals surface area contributed by atoms with Crippen molar-refractivity contribution in [3.05, 3.63) is 33.8 Å². The number of benzene rings is 1. The van der Waals surface area contributed by atoms with Crippen LogP contribution in [0.1, 0.15) is 43.6 Å². The molecular weight excluding hydrogens is 400 g/mol. The average Bonchev–Trinajstić information content (AvgIpc) is 2.54. The van der Waals surface area contributed by atoms with Gasteiger partial charge in [0, 0.05) is 36.7 Å². The van der Waals surface area contributed by atoms with E-state index < -0.39 is 5.60 Å². The summed E-state index contributed by atoms with van der Waals surface area (Å²) in [5.41, 5.74) is 1.06. The summed E-state index contributed by atoms with van der Waals surface area (Å²) >= 11 is 3.55. The van der Waals surface area contributed by atoms with Gasteiger partial charge >= 0.3 is 12.1 Å². The van der Waals surface area contributed by atoms with Gasteiger partial charge in [0.1, 0.15) is 5.60 Å². The van der Waals surface area contributed by atoms with Crippen LogP contribution in [0.15, 0.2) is 22.7 Å². The van der Waals surface area contributed by atoms with Gasteiger partial charge in [-0.3, -0.25) is 4.90 Å². The SMILES string of the molecule is COC(=O)c1ccc(Br)c(CN2CCN(C(=O)OC(C)(C)C)[C@H](C)C2)c1. The number of carbonyl (C=O) groups is 2. The molecule has 0 unspecified atom stereocenters. The minimum atomic E-state index is -0.493. The Bertz CT molecular complexity index is 672. The lowest BCUT2D eigenvalue weighted by Crippen LogP contribution is -2.54. The highest BCUT2D eigenvalue weighted by atomic mass is 79.9.